The van der Waals surface area contributed by atoms with E-state index in [1.165, 1.54) is 17.7 Å². The van der Waals surface area contributed by atoms with Crippen LogP contribution in [0.3, 0.4) is 0 Å². The van der Waals surface area contributed by atoms with E-state index in [1.54, 1.807) is 19.0 Å². The summed E-state index contributed by atoms with van der Waals surface area (Å²) in [5, 5.41) is 4.94. The van der Waals surface area contributed by atoms with E-state index < -0.39 is 17.8 Å². The lowest BCUT2D eigenvalue weighted by atomic mass is 10.1. The molecule has 1 heterocycles. The summed E-state index contributed by atoms with van der Waals surface area (Å²) >= 11 is 0. The van der Waals surface area contributed by atoms with Gasteiger partial charge in [-0.2, -0.15) is 13.2 Å². The largest absolute Gasteiger partial charge is 0.418 e. The van der Waals surface area contributed by atoms with Gasteiger partial charge < -0.3 is 20.3 Å². The number of nitrogens with zero attached hydrogens (tertiary/aromatic N) is 2. The Kier molecular flexibility index (Phi) is 7.40. The molecule has 1 aliphatic heterocycles. The molecular formula is C22H27F3N4O2. The quantitative estimate of drug-likeness (QED) is 0.724. The van der Waals surface area contributed by atoms with Crippen molar-refractivity contribution in [3.8, 4) is 0 Å². The predicted molar refractivity (Wildman–Crippen MR) is 114 cm³/mol. The van der Waals surface area contributed by atoms with Crippen LogP contribution in [0.25, 0.3) is 0 Å². The van der Waals surface area contributed by atoms with Crippen LogP contribution < -0.4 is 15.5 Å². The highest BCUT2D eigenvalue weighted by atomic mass is 19.4. The molecule has 0 saturated carbocycles. The van der Waals surface area contributed by atoms with Crippen molar-refractivity contribution < 1.29 is 22.7 Å². The number of nitrogens with one attached hydrogen (secondary N) is 2. The molecule has 0 bridgehead atoms. The molecule has 2 N–H and O–H groups in total. The third kappa shape index (κ3) is 6.60. The molecule has 0 radical (unpaired) electrons. The third-order valence-electron chi connectivity index (χ3n) is 5.04. The normalized spacial score (nSPS) is 17.3. The van der Waals surface area contributed by atoms with E-state index in [1.807, 2.05) is 18.2 Å². The maximum atomic E-state index is 13.4. The Hall–Kier alpha value is -2.78. The predicted octanol–water partition coefficient (Wildman–Crippen LogP) is 3.79. The first-order valence-electron chi connectivity index (χ1n) is 10.0. The molecule has 1 unspecified atom stereocenters. The number of carbonyl (C=O) groups is 1. The Labute approximate surface area is 180 Å². The van der Waals surface area contributed by atoms with Crippen LogP contribution in [-0.4, -0.2) is 57.4 Å². The summed E-state index contributed by atoms with van der Waals surface area (Å²) in [6.07, 6.45) is -4.82. The SMILES string of the molecule is CN(C)c1ccc(NC(=O)NCC2CN(Cc3ccccc3)CCO2)c(C(F)(F)F)c1. The minimum Gasteiger partial charge on any atom is -0.378 e. The lowest BCUT2D eigenvalue weighted by Crippen LogP contribution is -2.47. The molecule has 0 aliphatic carbocycles. The molecular weight excluding hydrogens is 409 g/mol. The van der Waals surface area contributed by atoms with Crippen molar-refractivity contribution in [2.75, 3.05) is 50.6 Å². The van der Waals surface area contributed by atoms with Crippen molar-refractivity contribution in [1.29, 1.82) is 0 Å². The fourth-order valence-corrected chi connectivity index (χ4v) is 3.42. The molecule has 168 valence electrons. The number of hydrogen-bond acceptors (Lipinski definition) is 4. The first kappa shape index (κ1) is 22.9. The Bertz CT molecular complexity index is 875. The van der Waals surface area contributed by atoms with Gasteiger partial charge in [0.25, 0.3) is 0 Å². The fourth-order valence-electron chi connectivity index (χ4n) is 3.42. The van der Waals surface area contributed by atoms with Gasteiger partial charge in [0.2, 0.25) is 0 Å². The van der Waals surface area contributed by atoms with E-state index in [9.17, 15) is 18.0 Å². The van der Waals surface area contributed by atoms with Crippen LogP contribution in [0, 0.1) is 0 Å². The fraction of sp³-hybridized carbons (Fsp3) is 0.409. The van der Waals surface area contributed by atoms with Crippen molar-refractivity contribution in [3.63, 3.8) is 0 Å². The molecule has 1 aliphatic rings. The molecule has 1 fully saturated rings. The zero-order valence-corrected chi connectivity index (χ0v) is 17.6. The number of halogens is 3. The van der Waals surface area contributed by atoms with Gasteiger partial charge in [-0.25, -0.2) is 4.79 Å². The first-order chi connectivity index (χ1) is 14.7. The maximum absolute atomic E-state index is 13.4. The van der Waals surface area contributed by atoms with Crippen molar-refractivity contribution in [3.05, 3.63) is 59.7 Å². The highest BCUT2D eigenvalue weighted by Crippen LogP contribution is 2.37. The number of carbonyl (C=O) groups excluding carboxylic acids is 1. The molecule has 2 amide bonds. The van der Waals surface area contributed by atoms with E-state index in [0.717, 1.165) is 19.2 Å². The van der Waals surface area contributed by atoms with Crippen LogP contribution >= 0.6 is 0 Å². The molecule has 2 aromatic carbocycles. The van der Waals surface area contributed by atoms with Crippen LogP contribution in [0.15, 0.2) is 48.5 Å². The summed E-state index contributed by atoms with van der Waals surface area (Å²) < 4.78 is 46.0. The van der Waals surface area contributed by atoms with E-state index in [-0.39, 0.29) is 18.3 Å². The summed E-state index contributed by atoms with van der Waals surface area (Å²) in [7, 11) is 3.31. The average molecular weight is 436 g/mol. The van der Waals surface area contributed by atoms with E-state index in [0.29, 0.717) is 18.8 Å². The third-order valence-corrected chi connectivity index (χ3v) is 5.04. The summed E-state index contributed by atoms with van der Waals surface area (Å²) in [6.45, 7) is 2.92. The van der Waals surface area contributed by atoms with Crippen molar-refractivity contribution in [2.24, 2.45) is 0 Å². The molecule has 2 aromatic rings. The number of ether oxygens (including phenoxy) is 1. The monoisotopic (exact) mass is 436 g/mol. The van der Waals surface area contributed by atoms with Crippen molar-refractivity contribution in [1.82, 2.24) is 10.2 Å². The lowest BCUT2D eigenvalue weighted by molar-refractivity contribution is -0.136. The molecule has 31 heavy (non-hydrogen) atoms. The van der Waals surface area contributed by atoms with Crippen molar-refractivity contribution in [2.45, 2.75) is 18.8 Å². The number of benzene rings is 2. The number of alkyl halides is 3. The van der Waals surface area contributed by atoms with E-state index >= 15 is 0 Å². The van der Waals surface area contributed by atoms with Gasteiger partial charge in [-0.3, -0.25) is 4.90 Å². The molecule has 0 aromatic heterocycles. The summed E-state index contributed by atoms with van der Waals surface area (Å²) in [5.74, 6) is 0. The van der Waals surface area contributed by atoms with Gasteiger partial charge in [-0.15, -0.1) is 0 Å². The van der Waals surface area contributed by atoms with Gasteiger partial charge in [0.1, 0.15) is 0 Å². The standard InChI is InChI=1S/C22H27F3N4O2/c1-28(2)17-8-9-20(19(12-17)22(23,24)25)27-21(30)26-13-18-15-29(10-11-31-18)14-16-6-4-3-5-7-16/h3-9,12,18H,10-11,13-15H2,1-2H3,(H2,26,27,30). The van der Waals surface area contributed by atoms with Gasteiger partial charge in [0.15, 0.2) is 0 Å². The minimum absolute atomic E-state index is 0.203. The summed E-state index contributed by atoms with van der Waals surface area (Å²) in [6, 6.07) is 13.1. The van der Waals surface area contributed by atoms with Crippen LogP contribution in [0.1, 0.15) is 11.1 Å². The Morgan fingerprint density at radius 1 is 1.19 bits per heavy atom. The minimum atomic E-state index is -4.58. The molecule has 3 rings (SSSR count). The Morgan fingerprint density at radius 2 is 1.94 bits per heavy atom. The Balaban J connectivity index is 1.55. The van der Waals surface area contributed by atoms with Gasteiger partial charge in [0, 0.05) is 46.0 Å². The molecule has 9 heteroatoms. The second-order valence-electron chi connectivity index (χ2n) is 7.67. The van der Waals surface area contributed by atoms with E-state index in [4.69, 9.17) is 4.74 Å². The number of anilines is 2. The number of rotatable bonds is 6. The zero-order chi connectivity index (χ0) is 22.4. The Morgan fingerprint density at radius 3 is 2.61 bits per heavy atom. The van der Waals surface area contributed by atoms with Crippen LogP contribution in [-0.2, 0) is 17.5 Å². The first-order valence-corrected chi connectivity index (χ1v) is 10.0. The highest BCUT2D eigenvalue weighted by Gasteiger charge is 2.34. The smallest absolute Gasteiger partial charge is 0.378 e. The number of morpholine rings is 1. The van der Waals surface area contributed by atoms with Gasteiger partial charge in [0.05, 0.1) is 24.0 Å². The second kappa shape index (κ2) is 10.0. The average Bonchev–Trinajstić information content (AvgIpc) is 2.72. The van der Waals surface area contributed by atoms with Crippen molar-refractivity contribution >= 4 is 17.4 Å². The zero-order valence-electron chi connectivity index (χ0n) is 17.6. The maximum Gasteiger partial charge on any atom is 0.418 e. The van der Waals surface area contributed by atoms with Gasteiger partial charge in [-0.1, -0.05) is 30.3 Å². The number of amides is 2. The number of urea groups is 1. The summed E-state index contributed by atoms with van der Waals surface area (Å²) in [5.41, 5.74) is 0.407. The summed E-state index contributed by atoms with van der Waals surface area (Å²) in [4.78, 5) is 16.1. The van der Waals surface area contributed by atoms with Crippen LogP contribution in [0.5, 0.6) is 0 Å². The molecule has 6 nitrogen and oxygen atoms in total. The van der Waals surface area contributed by atoms with Gasteiger partial charge in [-0.05, 0) is 23.8 Å². The second-order valence-corrected chi connectivity index (χ2v) is 7.67. The van der Waals surface area contributed by atoms with Crippen LogP contribution in [0.2, 0.25) is 0 Å². The van der Waals surface area contributed by atoms with Crippen LogP contribution in [0.4, 0.5) is 29.3 Å². The molecule has 1 saturated heterocycles. The topological polar surface area (TPSA) is 56.8 Å². The lowest BCUT2D eigenvalue weighted by Gasteiger charge is -2.33. The molecule has 0 spiro atoms. The van der Waals surface area contributed by atoms with E-state index in [2.05, 4.69) is 27.7 Å². The van der Waals surface area contributed by atoms with Gasteiger partial charge >= 0.3 is 12.2 Å². The molecule has 1 atom stereocenters. The highest BCUT2D eigenvalue weighted by molar-refractivity contribution is 5.90. The number of hydrogen-bond donors (Lipinski definition) is 2.